The minimum Gasteiger partial charge on any atom is -0.507 e. The number of halogens is 4. The number of ether oxygens (including phenoxy) is 2. The average Bonchev–Trinajstić information content (AvgIpc) is 3.13. The Morgan fingerprint density at radius 3 is 2.32 bits per heavy atom. The van der Waals surface area contributed by atoms with E-state index in [0.717, 1.165) is 17.0 Å². The number of methoxy groups -OCH3 is 2. The molecule has 4 rings (SSSR count). The molecule has 1 amide bonds. The van der Waals surface area contributed by atoms with E-state index in [9.17, 15) is 27.9 Å². The van der Waals surface area contributed by atoms with Crippen molar-refractivity contribution in [1.29, 1.82) is 0 Å². The van der Waals surface area contributed by atoms with Gasteiger partial charge >= 0.3 is 6.18 Å². The van der Waals surface area contributed by atoms with Crippen LogP contribution in [0.2, 0.25) is 5.02 Å². The molecular formula is C27H21ClF3NO5. The smallest absolute Gasteiger partial charge is 0.416 e. The molecule has 0 aliphatic carbocycles. The third kappa shape index (κ3) is 5.13. The first-order valence-electron chi connectivity index (χ1n) is 11.0. The minimum atomic E-state index is -4.58. The fourth-order valence-electron chi connectivity index (χ4n) is 4.18. The summed E-state index contributed by atoms with van der Waals surface area (Å²) in [5.41, 5.74) is -0.294. The van der Waals surface area contributed by atoms with Crippen LogP contribution >= 0.6 is 11.6 Å². The second-order valence-corrected chi connectivity index (χ2v) is 8.65. The Morgan fingerprint density at radius 2 is 1.70 bits per heavy atom. The third-order valence-electron chi connectivity index (χ3n) is 6.00. The molecule has 1 aliphatic rings. The molecule has 192 valence electrons. The van der Waals surface area contributed by atoms with E-state index in [1.54, 1.807) is 24.3 Å². The third-order valence-corrected chi connectivity index (χ3v) is 6.32. The summed E-state index contributed by atoms with van der Waals surface area (Å²) in [6.45, 7) is -0.300. The van der Waals surface area contributed by atoms with E-state index in [2.05, 4.69) is 0 Å². The highest BCUT2D eigenvalue weighted by Crippen LogP contribution is 2.42. The van der Waals surface area contributed by atoms with Crippen LogP contribution in [0.5, 0.6) is 11.5 Å². The number of Topliss-reactive ketones (excluding diaryl/α,β-unsaturated/α-hetero) is 1. The number of amides is 1. The number of aliphatic hydroxyl groups is 1. The summed E-state index contributed by atoms with van der Waals surface area (Å²) in [5, 5.41) is 11.5. The van der Waals surface area contributed by atoms with Gasteiger partial charge in [-0.2, -0.15) is 13.2 Å². The van der Waals surface area contributed by atoms with Gasteiger partial charge in [-0.3, -0.25) is 9.59 Å². The first kappa shape index (κ1) is 26.1. The maximum absolute atomic E-state index is 13.3. The number of hydrogen-bond acceptors (Lipinski definition) is 5. The van der Waals surface area contributed by atoms with Gasteiger partial charge in [0.25, 0.3) is 11.7 Å². The first-order valence-corrected chi connectivity index (χ1v) is 11.4. The van der Waals surface area contributed by atoms with Crippen LogP contribution in [0.3, 0.4) is 0 Å². The zero-order chi connectivity index (χ0) is 26.9. The monoisotopic (exact) mass is 531 g/mol. The van der Waals surface area contributed by atoms with Crippen molar-refractivity contribution in [3.63, 3.8) is 0 Å². The Morgan fingerprint density at radius 1 is 1.00 bits per heavy atom. The van der Waals surface area contributed by atoms with Crippen LogP contribution in [0, 0.1) is 0 Å². The lowest BCUT2D eigenvalue weighted by atomic mass is 9.95. The zero-order valence-electron chi connectivity index (χ0n) is 19.7. The number of carbonyl (C=O) groups is 2. The predicted octanol–water partition coefficient (Wildman–Crippen LogP) is 6.00. The number of likely N-dealkylation sites (tertiary alicyclic amines) is 1. The van der Waals surface area contributed by atoms with Gasteiger partial charge in [0.05, 0.1) is 36.4 Å². The molecule has 6 nitrogen and oxygen atoms in total. The maximum atomic E-state index is 13.3. The van der Waals surface area contributed by atoms with Crippen molar-refractivity contribution in [2.75, 3.05) is 14.2 Å². The van der Waals surface area contributed by atoms with Gasteiger partial charge in [0.1, 0.15) is 17.3 Å². The summed E-state index contributed by atoms with van der Waals surface area (Å²) in [5.74, 6) is -1.65. The Kier molecular flexibility index (Phi) is 7.18. The van der Waals surface area contributed by atoms with Gasteiger partial charge in [0, 0.05) is 12.1 Å². The van der Waals surface area contributed by atoms with Crippen LogP contribution in [-0.2, 0) is 22.3 Å². The summed E-state index contributed by atoms with van der Waals surface area (Å²) >= 11 is 6.08. The number of benzene rings is 3. The minimum absolute atomic E-state index is 0.170. The Labute approximate surface area is 215 Å². The molecule has 0 radical (unpaired) electrons. The van der Waals surface area contributed by atoms with E-state index < -0.39 is 35.2 Å². The number of aliphatic hydroxyl groups excluding tert-OH is 1. The fourth-order valence-corrected chi connectivity index (χ4v) is 4.38. The lowest BCUT2D eigenvalue weighted by molar-refractivity contribution is -0.140. The number of ketones is 1. The van der Waals surface area contributed by atoms with E-state index >= 15 is 0 Å². The number of rotatable bonds is 6. The van der Waals surface area contributed by atoms with E-state index in [1.165, 1.54) is 44.6 Å². The number of hydrogen-bond donors (Lipinski definition) is 1. The molecule has 0 bridgehead atoms. The molecule has 1 saturated heterocycles. The SMILES string of the molecule is COc1ccc(C2/C(=C(\O)c3ccc(Cl)c(OC)c3)C(=O)C(=O)N2Cc2cccc(C(F)(F)F)c2)cc1. The van der Waals surface area contributed by atoms with Gasteiger partial charge in [-0.05, 0) is 53.6 Å². The van der Waals surface area contributed by atoms with Gasteiger partial charge in [-0.25, -0.2) is 0 Å². The van der Waals surface area contributed by atoms with E-state index in [4.69, 9.17) is 21.1 Å². The first-order chi connectivity index (χ1) is 17.5. The second kappa shape index (κ2) is 10.2. The summed E-state index contributed by atoms with van der Waals surface area (Å²) in [4.78, 5) is 27.5. The normalized spacial score (nSPS) is 17.2. The molecule has 1 aliphatic heterocycles. The molecule has 10 heteroatoms. The Balaban J connectivity index is 1.85. The number of nitrogens with zero attached hydrogens (tertiary/aromatic N) is 1. The Hall–Kier alpha value is -3.98. The van der Waals surface area contributed by atoms with E-state index in [-0.39, 0.29) is 34.0 Å². The highest BCUT2D eigenvalue weighted by molar-refractivity contribution is 6.46. The van der Waals surface area contributed by atoms with Crippen molar-refractivity contribution in [2.24, 2.45) is 0 Å². The van der Waals surface area contributed by atoms with Crippen LogP contribution in [-0.4, -0.2) is 35.9 Å². The summed E-state index contributed by atoms with van der Waals surface area (Å²) in [6.07, 6.45) is -4.58. The molecule has 1 N–H and O–H groups in total. The van der Waals surface area contributed by atoms with Crippen molar-refractivity contribution in [1.82, 2.24) is 4.90 Å². The summed E-state index contributed by atoms with van der Waals surface area (Å²) in [6, 6.07) is 14.2. The molecule has 1 atom stereocenters. The zero-order valence-corrected chi connectivity index (χ0v) is 20.4. The van der Waals surface area contributed by atoms with Crippen LogP contribution < -0.4 is 9.47 Å². The van der Waals surface area contributed by atoms with Crippen LogP contribution in [0.4, 0.5) is 13.2 Å². The number of carbonyl (C=O) groups excluding carboxylic acids is 2. The standard InChI is InChI=1S/C27H21ClF3NO5/c1-36-19-9-6-16(7-10-19)23-22(24(33)17-8-11-20(28)21(13-17)37-2)25(34)26(35)32(23)14-15-4-3-5-18(12-15)27(29,30)31/h3-13,23,33H,14H2,1-2H3/b24-22+. The van der Waals surface area contributed by atoms with Crippen LogP contribution in [0.15, 0.2) is 72.3 Å². The van der Waals surface area contributed by atoms with Crippen molar-refractivity contribution in [3.05, 3.63) is 99.6 Å². The molecule has 3 aromatic carbocycles. The van der Waals surface area contributed by atoms with Gasteiger partial charge < -0.3 is 19.5 Å². The maximum Gasteiger partial charge on any atom is 0.416 e. The van der Waals surface area contributed by atoms with E-state index in [1.807, 2.05) is 0 Å². The predicted molar refractivity (Wildman–Crippen MR) is 130 cm³/mol. The van der Waals surface area contributed by atoms with Gasteiger partial charge in [-0.15, -0.1) is 0 Å². The molecule has 1 unspecified atom stereocenters. The quantitative estimate of drug-likeness (QED) is 0.240. The lowest BCUT2D eigenvalue weighted by Crippen LogP contribution is -2.29. The average molecular weight is 532 g/mol. The fraction of sp³-hybridized carbons (Fsp3) is 0.185. The van der Waals surface area contributed by atoms with Crippen LogP contribution in [0.1, 0.15) is 28.3 Å². The Bertz CT molecular complexity index is 1390. The molecule has 1 fully saturated rings. The number of alkyl halides is 3. The van der Waals surface area contributed by atoms with Crippen molar-refractivity contribution >= 4 is 29.1 Å². The van der Waals surface area contributed by atoms with E-state index in [0.29, 0.717) is 11.3 Å². The molecule has 1 heterocycles. The molecule has 0 saturated carbocycles. The van der Waals surface area contributed by atoms with Gasteiger partial charge in [0.15, 0.2) is 0 Å². The highest BCUT2D eigenvalue weighted by Gasteiger charge is 2.46. The van der Waals surface area contributed by atoms with Crippen LogP contribution in [0.25, 0.3) is 5.76 Å². The largest absolute Gasteiger partial charge is 0.507 e. The van der Waals surface area contributed by atoms with Crippen molar-refractivity contribution in [3.8, 4) is 11.5 Å². The van der Waals surface area contributed by atoms with Gasteiger partial charge in [0.2, 0.25) is 0 Å². The molecule has 0 aromatic heterocycles. The summed E-state index contributed by atoms with van der Waals surface area (Å²) in [7, 11) is 2.86. The van der Waals surface area contributed by atoms with Crippen molar-refractivity contribution in [2.45, 2.75) is 18.8 Å². The topological polar surface area (TPSA) is 76.1 Å². The highest BCUT2D eigenvalue weighted by atomic mass is 35.5. The molecule has 0 spiro atoms. The summed E-state index contributed by atoms with van der Waals surface area (Å²) < 4.78 is 50.2. The van der Waals surface area contributed by atoms with Crippen molar-refractivity contribution < 1.29 is 37.3 Å². The second-order valence-electron chi connectivity index (χ2n) is 8.25. The molecule has 37 heavy (non-hydrogen) atoms. The van der Waals surface area contributed by atoms with Gasteiger partial charge in [-0.1, -0.05) is 35.9 Å². The molecular weight excluding hydrogens is 511 g/mol. The molecule has 3 aromatic rings. The lowest BCUT2D eigenvalue weighted by Gasteiger charge is -2.26.